The van der Waals surface area contributed by atoms with Crippen molar-refractivity contribution in [2.24, 2.45) is 4.99 Å². The van der Waals surface area contributed by atoms with Gasteiger partial charge in [-0.1, -0.05) is 35.9 Å². The van der Waals surface area contributed by atoms with Crippen LogP contribution in [0.2, 0.25) is 5.02 Å². The minimum atomic E-state index is -1.42. The Bertz CT molecular complexity index is 1380. The lowest BCUT2D eigenvalue weighted by molar-refractivity contribution is -0.130. The molecular weight excluding hydrogens is 506 g/mol. The largest absolute Gasteiger partial charge is 0.366 e. The lowest BCUT2D eigenvalue weighted by atomic mass is 9.82. The van der Waals surface area contributed by atoms with E-state index in [9.17, 15) is 13.6 Å². The van der Waals surface area contributed by atoms with Crippen molar-refractivity contribution in [1.29, 1.82) is 0 Å². The molecule has 196 valence electrons. The molecule has 2 saturated heterocycles. The first kappa shape index (κ1) is 25.0. The highest BCUT2D eigenvalue weighted by Gasteiger charge is 2.50. The highest BCUT2D eigenvalue weighted by Crippen LogP contribution is 2.41. The summed E-state index contributed by atoms with van der Waals surface area (Å²) in [5, 5.41) is 0.746. The van der Waals surface area contributed by atoms with Crippen molar-refractivity contribution in [3.8, 4) is 0 Å². The lowest BCUT2D eigenvalue weighted by Gasteiger charge is -2.36. The Labute approximate surface area is 226 Å². The minimum absolute atomic E-state index is 0.232. The molecule has 6 rings (SSSR count). The normalized spacial score (nSPS) is 24.9. The monoisotopic (exact) mass is 534 g/mol. The van der Waals surface area contributed by atoms with Gasteiger partial charge in [0.15, 0.2) is 5.54 Å². The number of likely N-dealkylation sites (tertiary alicyclic amines) is 1. The van der Waals surface area contributed by atoms with E-state index in [1.54, 1.807) is 29.2 Å². The van der Waals surface area contributed by atoms with Gasteiger partial charge in [-0.25, -0.2) is 13.8 Å². The lowest BCUT2D eigenvalue weighted by Crippen LogP contribution is -2.47. The van der Waals surface area contributed by atoms with E-state index in [-0.39, 0.29) is 5.91 Å². The number of carbonyl (C=O) groups is 1. The molecule has 0 radical (unpaired) electrons. The molecule has 5 nitrogen and oxygen atoms in total. The summed E-state index contributed by atoms with van der Waals surface area (Å²) in [4.78, 5) is 25.5. The van der Waals surface area contributed by atoms with Crippen molar-refractivity contribution in [3.63, 3.8) is 0 Å². The molecule has 3 aliphatic rings. The van der Waals surface area contributed by atoms with E-state index >= 15 is 0 Å². The van der Waals surface area contributed by atoms with Crippen LogP contribution < -0.4 is 4.90 Å². The third kappa shape index (κ3) is 4.28. The van der Waals surface area contributed by atoms with Gasteiger partial charge in [0.2, 0.25) is 0 Å². The highest BCUT2D eigenvalue weighted by atomic mass is 35.5. The van der Waals surface area contributed by atoms with Crippen LogP contribution in [0, 0.1) is 11.6 Å². The van der Waals surface area contributed by atoms with Gasteiger partial charge in [-0.3, -0.25) is 14.6 Å². The third-order valence-corrected chi connectivity index (χ3v) is 8.37. The van der Waals surface area contributed by atoms with E-state index in [0.717, 1.165) is 37.5 Å². The molecule has 2 bridgehead atoms. The first-order valence-corrected chi connectivity index (χ1v) is 13.4. The number of amidine groups is 1. The van der Waals surface area contributed by atoms with Gasteiger partial charge >= 0.3 is 0 Å². The van der Waals surface area contributed by atoms with Crippen molar-refractivity contribution in [1.82, 2.24) is 9.80 Å². The van der Waals surface area contributed by atoms with Gasteiger partial charge in [-0.15, -0.1) is 0 Å². The zero-order valence-electron chi connectivity index (χ0n) is 21.2. The fraction of sp³-hybridized carbons (Fsp3) is 0.333. The Kier molecular flexibility index (Phi) is 6.44. The van der Waals surface area contributed by atoms with Crippen LogP contribution in [-0.4, -0.2) is 59.8 Å². The number of piperazine rings is 1. The van der Waals surface area contributed by atoms with Crippen molar-refractivity contribution in [3.05, 3.63) is 101 Å². The number of anilines is 1. The molecule has 3 aliphatic heterocycles. The summed E-state index contributed by atoms with van der Waals surface area (Å²) < 4.78 is 28.0. The first-order valence-electron chi connectivity index (χ1n) is 13.0. The second-order valence-corrected chi connectivity index (χ2v) is 10.8. The Morgan fingerprint density at radius 2 is 1.68 bits per heavy atom. The van der Waals surface area contributed by atoms with E-state index in [4.69, 9.17) is 16.6 Å². The summed E-state index contributed by atoms with van der Waals surface area (Å²) >= 11 is 6.06. The predicted molar refractivity (Wildman–Crippen MR) is 146 cm³/mol. The van der Waals surface area contributed by atoms with Crippen LogP contribution in [0.15, 0.2) is 77.8 Å². The maximum absolute atomic E-state index is 14.2. The first-order chi connectivity index (χ1) is 18.3. The Morgan fingerprint density at radius 1 is 0.921 bits per heavy atom. The number of benzene rings is 3. The third-order valence-electron chi connectivity index (χ3n) is 8.12. The smallest absolute Gasteiger partial charge is 0.265 e. The van der Waals surface area contributed by atoms with Crippen LogP contribution in [0.5, 0.6) is 0 Å². The molecule has 3 aromatic carbocycles. The number of amides is 1. The second-order valence-electron chi connectivity index (χ2n) is 10.4. The number of halogens is 3. The van der Waals surface area contributed by atoms with Gasteiger partial charge in [0.1, 0.15) is 17.5 Å². The fourth-order valence-electron chi connectivity index (χ4n) is 6.31. The molecule has 1 amide bonds. The Balaban J connectivity index is 1.15. The summed E-state index contributed by atoms with van der Waals surface area (Å²) in [6.45, 7) is 5.20. The molecule has 0 saturated carbocycles. The maximum Gasteiger partial charge on any atom is 0.265 e. The highest BCUT2D eigenvalue weighted by molar-refractivity contribution is 6.30. The van der Waals surface area contributed by atoms with Gasteiger partial charge in [0.25, 0.3) is 5.91 Å². The molecule has 0 aromatic heterocycles. The quantitative estimate of drug-likeness (QED) is 0.403. The van der Waals surface area contributed by atoms with Crippen LogP contribution in [0.25, 0.3) is 0 Å². The van der Waals surface area contributed by atoms with Crippen molar-refractivity contribution < 1.29 is 13.6 Å². The number of carbonyl (C=O) groups excluding carboxylic acids is 1. The topological polar surface area (TPSA) is 39.2 Å². The fourth-order valence-corrected chi connectivity index (χ4v) is 6.43. The zero-order valence-corrected chi connectivity index (χ0v) is 21.9. The summed E-state index contributed by atoms with van der Waals surface area (Å²) in [7, 11) is 0. The number of aliphatic imine (C=N–C) groups is 1. The van der Waals surface area contributed by atoms with E-state index in [1.807, 2.05) is 19.1 Å². The molecule has 0 aliphatic carbocycles. The molecule has 0 N–H and O–H groups in total. The minimum Gasteiger partial charge on any atom is -0.366 e. The van der Waals surface area contributed by atoms with Gasteiger partial charge in [-0.05, 0) is 79.4 Å². The maximum atomic E-state index is 14.2. The van der Waals surface area contributed by atoms with E-state index < -0.39 is 17.2 Å². The van der Waals surface area contributed by atoms with Gasteiger partial charge in [-0.2, -0.15) is 0 Å². The van der Waals surface area contributed by atoms with Crippen LogP contribution in [0.1, 0.15) is 30.9 Å². The van der Waals surface area contributed by atoms with E-state index in [0.29, 0.717) is 35.6 Å². The Morgan fingerprint density at radius 3 is 2.37 bits per heavy atom. The summed E-state index contributed by atoms with van der Waals surface area (Å²) in [6, 6.07) is 20.7. The number of rotatable bonds is 7. The van der Waals surface area contributed by atoms with Crippen molar-refractivity contribution in [2.45, 2.75) is 37.4 Å². The van der Waals surface area contributed by atoms with Gasteiger partial charge < -0.3 is 4.90 Å². The van der Waals surface area contributed by atoms with E-state index in [1.165, 1.54) is 30.0 Å². The second kappa shape index (κ2) is 9.79. The van der Waals surface area contributed by atoms with Gasteiger partial charge in [0, 0.05) is 49.0 Å². The molecular formula is C30H29ClF2N4O. The van der Waals surface area contributed by atoms with Crippen LogP contribution in [0.4, 0.5) is 14.5 Å². The number of hydrogen-bond donors (Lipinski definition) is 0. The molecule has 3 unspecified atom stereocenters. The average Bonchev–Trinajstić information content (AvgIpc) is 3.58. The van der Waals surface area contributed by atoms with Crippen LogP contribution in [-0.2, 0) is 10.3 Å². The SMILES string of the molecule is CC1=NC(c2ccc(F)cc2)(c2cccc(F)c2)C(=O)N1CCCN1CC2CC1CN2c1ccc(Cl)cc1. The van der Waals surface area contributed by atoms with Gasteiger partial charge in [0.05, 0.1) is 0 Å². The molecule has 3 heterocycles. The van der Waals surface area contributed by atoms with Crippen molar-refractivity contribution >= 4 is 29.0 Å². The molecule has 38 heavy (non-hydrogen) atoms. The summed E-state index contributed by atoms with van der Waals surface area (Å²) in [6.07, 6.45) is 1.93. The molecule has 8 heteroatoms. The average molecular weight is 535 g/mol. The van der Waals surface area contributed by atoms with Crippen molar-refractivity contribution in [2.75, 3.05) is 31.1 Å². The molecule has 3 atom stereocenters. The number of fused-ring (bicyclic) bond motifs is 2. The predicted octanol–water partition coefficient (Wildman–Crippen LogP) is 5.48. The Hall–Kier alpha value is -3.29. The van der Waals surface area contributed by atoms with Crippen LogP contribution in [0.3, 0.4) is 0 Å². The summed E-state index contributed by atoms with van der Waals surface area (Å²) in [5.41, 5.74) is 0.752. The number of nitrogens with zero attached hydrogens (tertiary/aromatic N) is 4. The molecule has 0 spiro atoms. The summed E-state index contributed by atoms with van der Waals surface area (Å²) in [5.74, 6) is -0.495. The number of hydrogen-bond acceptors (Lipinski definition) is 4. The molecule has 2 fully saturated rings. The standard InChI is InChI=1S/C30H29ClF2N4O/c1-20-34-30(21-6-10-24(32)11-7-21,22-4-2-5-25(33)16-22)29(38)36(20)15-3-14-35-18-28-17-27(35)19-37(28)26-12-8-23(31)9-13-26/h2,4-13,16,27-28H,3,14-15,17-19H2,1H3. The zero-order chi connectivity index (χ0) is 26.4. The van der Waals surface area contributed by atoms with E-state index in [2.05, 4.69) is 21.9 Å². The van der Waals surface area contributed by atoms with Crippen LogP contribution >= 0.6 is 11.6 Å². The molecule has 3 aromatic rings.